The van der Waals surface area contributed by atoms with Gasteiger partial charge in [-0.25, -0.2) is 4.39 Å². The van der Waals surface area contributed by atoms with Crippen LogP contribution in [0.5, 0.6) is 0 Å². The number of benzene rings is 1. The van der Waals surface area contributed by atoms with Crippen LogP contribution < -0.4 is 5.32 Å². The highest BCUT2D eigenvalue weighted by molar-refractivity contribution is 9.10. The minimum Gasteiger partial charge on any atom is -0.378 e. The Morgan fingerprint density at radius 3 is 2.95 bits per heavy atom. The van der Waals surface area contributed by atoms with Crippen molar-refractivity contribution in [3.05, 3.63) is 34.1 Å². The van der Waals surface area contributed by atoms with Crippen LogP contribution in [-0.2, 0) is 11.2 Å². The molecule has 1 fully saturated rings. The van der Waals surface area contributed by atoms with Crippen molar-refractivity contribution in [2.45, 2.75) is 51.2 Å². The van der Waals surface area contributed by atoms with Crippen molar-refractivity contribution in [3.63, 3.8) is 0 Å². The minimum absolute atomic E-state index is 0.204. The summed E-state index contributed by atoms with van der Waals surface area (Å²) in [5, 5.41) is 3.52. The number of hydrogen-bond donors (Lipinski definition) is 1. The summed E-state index contributed by atoms with van der Waals surface area (Å²) in [6.07, 6.45) is 5.93. The van der Waals surface area contributed by atoms with Gasteiger partial charge in [-0.2, -0.15) is 0 Å². The van der Waals surface area contributed by atoms with Crippen molar-refractivity contribution < 1.29 is 9.13 Å². The summed E-state index contributed by atoms with van der Waals surface area (Å²) >= 11 is 3.25. The van der Waals surface area contributed by atoms with E-state index in [0.29, 0.717) is 16.6 Å². The van der Waals surface area contributed by atoms with Crippen LogP contribution in [0.3, 0.4) is 0 Å². The molecule has 0 spiro atoms. The van der Waals surface area contributed by atoms with E-state index >= 15 is 0 Å². The molecule has 2 rings (SSSR count). The van der Waals surface area contributed by atoms with E-state index in [-0.39, 0.29) is 5.82 Å². The van der Waals surface area contributed by atoms with E-state index in [1.54, 1.807) is 0 Å². The molecule has 112 valence electrons. The Kier molecular flexibility index (Phi) is 6.46. The van der Waals surface area contributed by atoms with Crippen LogP contribution in [0.1, 0.15) is 38.2 Å². The molecule has 1 aliphatic heterocycles. The molecule has 0 aliphatic carbocycles. The van der Waals surface area contributed by atoms with E-state index in [1.165, 1.54) is 18.9 Å². The Morgan fingerprint density at radius 1 is 1.45 bits per heavy atom. The Balaban J connectivity index is 1.94. The molecule has 0 aromatic heterocycles. The largest absolute Gasteiger partial charge is 0.378 e. The lowest BCUT2D eigenvalue weighted by Crippen LogP contribution is -2.36. The van der Waals surface area contributed by atoms with Crippen molar-refractivity contribution in [2.75, 3.05) is 13.2 Å². The average Bonchev–Trinajstić information content (AvgIpc) is 2.44. The summed E-state index contributed by atoms with van der Waals surface area (Å²) in [7, 11) is 0. The lowest BCUT2D eigenvalue weighted by molar-refractivity contribution is 0.00535. The van der Waals surface area contributed by atoms with Crippen LogP contribution in [0.4, 0.5) is 4.39 Å². The molecule has 0 radical (unpaired) electrons. The first-order valence-corrected chi connectivity index (χ1v) is 8.27. The van der Waals surface area contributed by atoms with Gasteiger partial charge in [0.1, 0.15) is 5.82 Å². The Bertz CT molecular complexity index is 421. The molecule has 20 heavy (non-hydrogen) atoms. The van der Waals surface area contributed by atoms with E-state index in [2.05, 4.69) is 28.2 Å². The number of likely N-dealkylation sites (N-methyl/N-ethyl adjacent to an activating group) is 1. The molecule has 2 atom stereocenters. The highest BCUT2D eigenvalue weighted by atomic mass is 79.9. The lowest BCUT2D eigenvalue weighted by Gasteiger charge is -2.27. The van der Waals surface area contributed by atoms with Crippen molar-refractivity contribution in [1.82, 2.24) is 5.32 Å². The fraction of sp³-hybridized carbons (Fsp3) is 0.625. The topological polar surface area (TPSA) is 21.3 Å². The van der Waals surface area contributed by atoms with E-state index in [4.69, 9.17) is 4.74 Å². The molecule has 1 aliphatic rings. The van der Waals surface area contributed by atoms with Gasteiger partial charge in [0.15, 0.2) is 0 Å². The maximum Gasteiger partial charge on any atom is 0.137 e. The first-order chi connectivity index (χ1) is 9.69. The second-order valence-electron chi connectivity index (χ2n) is 5.43. The zero-order chi connectivity index (χ0) is 14.4. The molecule has 0 bridgehead atoms. The smallest absolute Gasteiger partial charge is 0.137 e. The fourth-order valence-corrected chi connectivity index (χ4v) is 3.22. The van der Waals surface area contributed by atoms with Gasteiger partial charge < -0.3 is 10.1 Å². The molecular formula is C16H23BrFNO. The highest BCUT2D eigenvalue weighted by Gasteiger charge is 2.19. The third kappa shape index (κ3) is 4.83. The van der Waals surface area contributed by atoms with E-state index in [1.807, 2.05) is 12.1 Å². The lowest BCUT2D eigenvalue weighted by atomic mass is 9.97. The summed E-state index contributed by atoms with van der Waals surface area (Å²) in [5.41, 5.74) is 1.15. The molecule has 2 unspecified atom stereocenters. The summed E-state index contributed by atoms with van der Waals surface area (Å²) < 4.78 is 19.6. The van der Waals surface area contributed by atoms with Crippen LogP contribution in [0.2, 0.25) is 0 Å². The molecular weight excluding hydrogens is 321 g/mol. The van der Waals surface area contributed by atoms with Gasteiger partial charge in [0, 0.05) is 12.6 Å². The first kappa shape index (κ1) is 15.9. The van der Waals surface area contributed by atoms with Gasteiger partial charge in [0.2, 0.25) is 0 Å². The van der Waals surface area contributed by atoms with Crippen LogP contribution in [0.25, 0.3) is 0 Å². The van der Waals surface area contributed by atoms with Crippen molar-refractivity contribution in [1.29, 1.82) is 0 Å². The predicted molar refractivity (Wildman–Crippen MR) is 83.5 cm³/mol. The summed E-state index contributed by atoms with van der Waals surface area (Å²) in [4.78, 5) is 0. The van der Waals surface area contributed by atoms with Gasteiger partial charge in [-0.05, 0) is 72.3 Å². The molecule has 4 heteroatoms. The fourth-order valence-electron chi connectivity index (χ4n) is 2.79. The molecule has 1 heterocycles. The number of rotatable bonds is 6. The number of halogens is 2. The quantitative estimate of drug-likeness (QED) is 0.840. The molecule has 2 nitrogen and oxygen atoms in total. The standard InChI is InChI=1S/C16H23BrFNO/c1-2-19-13(11-14-5-3-4-8-20-14)9-12-6-7-16(18)15(17)10-12/h6-7,10,13-14,19H,2-5,8-9,11H2,1H3. The normalized spacial score (nSPS) is 20.9. The SMILES string of the molecule is CCNC(Cc1ccc(F)c(Br)c1)CC1CCCCO1. The molecule has 0 amide bonds. The van der Waals surface area contributed by atoms with Crippen LogP contribution >= 0.6 is 15.9 Å². The molecule has 1 N–H and O–H groups in total. The number of nitrogens with one attached hydrogen (secondary N) is 1. The van der Waals surface area contributed by atoms with Crippen molar-refractivity contribution in [2.24, 2.45) is 0 Å². The Hall–Kier alpha value is -0.450. The van der Waals surface area contributed by atoms with E-state index in [9.17, 15) is 4.39 Å². The zero-order valence-corrected chi connectivity index (χ0v) is 13.6. The maximum atomic E-state index is 13.3. The van der Waals surface area contributed by atoms with Crippen molar-refractivity contribution >= 4 is 15.9 Å². The second kappa shape index (κ2) is 8.11. The first-order valence-electron chi connectivity index (χ1n) is 7.48. The molecule has 0 saturated carbocycles. The Morgan fingerprint density at radius 2 is 2.30 bits per heavy atom. The molecule has 1 saturated heterocycles. The minimum atomic E-state index is -0.204. The molecule has 1 aromatic rings. The zero-order valence-electron chi connectivity index (χ0n) is 12.0. The third-order valence-corrected chi connectivity index (χ3v) is 4.39. The predicted octanol–water partition coefficient (Wildman–Crippen LogP) is 4.07. The van der Waals surface area contributed by atoms with Crippen LogP contribution in [0, 0.1) is 5.82 Å². The van der Waals surface area contributed by atoms with Crippen LogP contribution in [0.15, 0.2) is 22.7 Å². The summed E-state index contributed by atoms with van der Waals surface area (Å²) in [6.45, 7) is 3.96. The van der Waals surface area contributed by atoms with Crippen molar-refractivity contribution in [3.8, 4) is 0 Å². The van der Waals surface area contributed by atoms with Gasteiger partial charge in [-0.1, -0.05) is 13.0 Å². The molecule has 1 aromatic carbocycles. The average molecular weight is 344 g/mol. The number of hydrogen-bond acceptors (Lipinski definition) is 2. The number of ether oxygens (including phenoxy) is 1. The van der Waals surface area contributed by atoms with Gasteiger partial charge in [0.25, 0.3) is 0 Å². The van der Waals surface area contributed by atoms with Gasteiger partial charge in [-0.3, -0.25) is 0 Å². The Labute approximate surface area is 129 Å². The van der Waals surface area contributed by atoms with Gasteiger partial charge in [-0.15, -0.1) is 0 Å². The second-order valence-corrected chi connectivity index (χ2v) is 6.29. The van der Waals surface area contributed by atoms with E-state index < -0.39 is 0 Å². The van der Waals surface area contributed by atoms with Gasteiger partial charge in [0.05, 0.1) is 10.6 Å². The van der Waals surface area contributed by atoms with Gasteiger partial charge >= 0.3 is 0 Å². The summed E-state index contributed by atoms with van der Waals surface area (Å²) in [6, 6.07) is 5.66. The monoisotopic (exact) mass is 343 g/mol. The maximum absolute atomic E-state index is 13.3. The third-order valence-electron chi connectivity index (χ3n) is 3.78. The summed E-state index contributed by atoms with van der Waals surface area (Å²) in [5.74, 6) is -0.204. The van der Waals surface area contributed by atoms with E-state index in [0.717, 1.165) is 38.0 Å². The highest BCUT2D eigenvalue weighted by Crippen LogP contribution is 2.21. The van der Waals surface area contributed by atoms with Crippen LogP contribution in [-0.4, -0.2) is 25.3 Å².